The molecule has 40 heavy (non-hydrogen) atoms. The smallest absolute Gasteiger partial charge is 0.475 e. The average Bonchev–Trinajstić information content (AvgIpc) is 2.93. The van der Waals surface area contributed by atoms with Gasteiger partial charge in [-0.15, -0.1) is 0 Å². The first-order valence-electron chi connectivity index (χ1n) is 13.8. The summed E-state index contributed by atoms with van der Waals surface area (Å²) in [7, 11) is 0. The predicted molar refractivity (Wildman–Crippen MR) is 141 cm³/mol. The van der Waals surface area contributed by atoms with Crippen molar-refractivity contribution < 1.29 is 42.2 Å². The van der Waals surface area contributed by atoms with Gasteiger partial charge in [0.2, 0.25) is 11.8 Å². The third-order valence-electron chi connectivity index (χ3n) is 7.00. The second-order valence-electron chi connectivity index (χ2n) is 10.1. The summed E-state index contributed by atoms with van der Waals surface area (Å²) in [5, 5.41) is 13.6. The van der Waals surface area contributed by atoms with Crippen LogP contribution in [-0.2, 0) is 30.3 Å². The summed E-state index contributed by atoms with van der Waals surface area (Å²) in [5.41, 5.74) is 1.06. The number of halogens is 3. The number of piperidine rings is 2. The fraction of sp³-hybridized carbons (Fsp3) is 0.643. The number of rotatable bonds is 10. The van der Waals surface area contributed by atoms with Gasteiger partial charge in [-0.05, 0) is 70.0 Å². The van der Waals surface area contributed by atoms with Gasteiger partial charge in [-0.25, -0.2) is 4.79 Å². The lowest BCUT2D eigenvalue weighted by Gasteiger charge is -2.33. The molecule has 9 nitrogen and oxygen atoms in total. The fourth-order valence-electron chi connectivity index (χ4n) is 4.89. The quantitative estimate of drug-likeness (QED) is 0.368. The van der Waals surface area contributed by atoms with E-state index in [9.17, 15) is 27.6 Å². The number of carboxylic acids is 1. The number of benzene rings is 1. The summed E-state index contributed by atoms with van der Waals surface area (Å²) in [6, 6.07) is 9.51. The molecule has 1 aromatic carbocycles. The van der Waals surface area contributed by atoms with E-state index in [-0.39, 0.29) is 36.2 Å². The van der Waals surface area contributed by atoms with Crippen LogP contribution in [-0.4, -0.2) is 78.8 Å². The molecule has 2 fully saturated rings. The van der Waals surface area contributed by atoms with Crippen molar-refractivity contribution in [2.75, 3.05) is 32.8 Å². The summed E-state index contributed by atoms with van der Waals surface area (Å²) in [6.45, 7) is 5.38. The zero-order valence-electron chi connectivity index (χ0n) is 22.9. The maximum absolute atomic E-state index is 13.1. The highest BCUT2D eigenvalue weighted by atomic mass is 19.4. The van der Waals surface area contributed by atoms with Crippen LogP contribution in [0.15, 0.2) is 30.3 Å². The van der Waals surface area contributed by atoms with E-state index in [0.717, 1.165) is 57.3 Å². The summed E-state index contributed by atoms with van der Waals surface area (Å²) in [6.07, 6.45) is 1.01. The van der Waals surface area contributed by atoms with Gasteiger partial charge in [0.25, 0.3) is 0 Å². The number of carbonyl (C=O) groups is 4. The minimum absolute atomic E-state index is 0.0731. The number of ether oxygens (including phenoxy) is 1. The number of hydrogen-bond acceptors (Lipinski definition) is 6. The Morgan fingerprint density at radius 2 is 1.77 bits per heavy atom. The molecule has 2 atom stereocenters. The number of aliphatic carboxylic acids is 1. The van der Waals surface area contributed by atoms with Crippen LogP contribution < -0.4 is 10.6 Å². The molecule has 0 aliphatic carbocycles. The van der Waals surface area contributed by atoms with Crippen LogP contribution in [0.4, 0.5) is 13.2 Å². The van der Waals surface area contributed by atoms with Crippen LogP contribution in [0.2, 0.25) is 0 Å². The Kier molecular flexibility index (Phi) is 13.9. The summed E-state index contributed by atoms with van der Waals surface area (Å²) < 4.78 is 36.9. The van der Waals surface area contributed by atoms with Crippen LogP contribution in [0.25, 0.3) is 0 Å². The molecule has 1 aromatic rings. The molecule has 0 saturated carbocycles. The summed E-state index contributed by atoms with van der Waals surface area (Å²) >= 11 is 0. The zero-order valence-corrected chi connectivity index (χ0v) is 22.9. The first-order valence-corrected chi connectivity index (χ1v) is 13.8. The van der Waals surface area contributed by atoms with E-state index in [1.165, 1.54) is 0 Å². The van der Waals surface area contributed by atoms with Gasteiger partial charge in [0.1, 0.15) is 0 Å². The monoisotopic (exact) mass is 571 g/mol. The van der Waals surface area contributed by atoms with Crippen molar-refractivity contribution in [2.45, 2.75) is 70.5 Å². The van der Waals surface area contributed by atoms with Gasteiger partial charge in [0.15, 0.2) is 0 Å². The number of nitrogens with zero attached hydrogens (tertiary/aromatic N) is 1. The first-order chi connectivity index (χ1) is 19.0. The minimum atomic E-state index is -5.08. The van der Waals surface area contributed by atoms with Crippen molar-refractivity contribution >= 4 is 23.8 Å². The lowest BCUT2D eigenvalue weighted by Crippen LogP contribution is -2.48. The van der Waals surface area contributed by atoms with E-state index in [4.69, 9.17) is 14.6 Å². The van der Waals surface area contributed by atoms with Crippen molar-refractivity contribution in [3.63, 3.8) is 0 Å². The molecule has 2 saturated heterocycles. The number of esters is 1. The van der Waals surface area contributed by atoms with Crippen molar-refractivity contribution in [2.24, 2.45) is 11.8 Å². The lowest BCUT2D eigenvalue weighted by molar-refractivity contribution is -0.192. The maximum Gasteiger partial charge on any atom is 0.490 e. The van der Waals surface area contributed by atoms with Gasteiger partial charge in [-0.1, -0.05) is 30.3 Å². The van der Waals surface area contributed by atoms with Crippen LogP contribution in [0.1, 0.15) is 57.4 Å². The van der Waals surface area contributed by atoms with Crippen molar-refractivity contribution in [3.8, 4) is 0 Å². The van der Waals surface area contributed by atoms with Crippen LogP contribution >= 0.6 is 0 Å². The third-order valence-corrected chi connectivity index (χ3v) is 7.00. The molecular weight excluding hydrogens is 531 g/mol. The summed E-state index contributed by atoms with van der Waals surface area (Å²) in [4.78, 5) is 48.8. The second kappa shape index (κ2) is 16.8. The van der Waals surface area contributed by atoms with Crippen molar-refractivity contribution in [1.29, 1.82) is 0 Å². The van der Waals surface area contributed by atoms with Crippen LogP contribution in [0, 0.1) is 11.8 Å². The largest absolute Gasteiger partial charge is 0.490 e. The number of nitrogens with one attached hydrogen (secondary N) is 2. The number of carbonyl (C=O) groups excluding carboxylic acids is 3. The molecule has 0 spiro atoms. The topological polar surface area (TPSA) is 125 Å². The molecule has 0 bridgehead atoms. The Morgan fingerprint density at radius 1 is 1.12 bits per heavy atom. The highest BCUT2D eigenvalue weighted by Crippen LogP contribution is 2.22. The highest BCUT2D eigenvalue weighted by Gasteiger charge is 2.38. The van der Waals surface area contributed by atoms with E-state index in [1.807, 2.05) is 35.2 Å². The molecule has 0 radical (unpaired) electrons. The Hall–Kier alpha value is -3.15. The summed E-state index contributed by atoms with van der Waals surface area (Å²) in [5.74, 6) is -2.58. The predicted octanol–water partition coefficient (Wildman–Crippen LogP) is 3.32. The van der Waals surface area contributed by atoms with Crippen LogP contribution in [0.5, 0.6) is 0 Å². The van der Waals surface area contributed by atoms with E-state index < -0.39 is 12.1 Å². The molecule has 2 aliphatic heterocycles. The van der Waals surface area contributed by atoms with E-state index in [2.05, 4.69) is 10.6 Å². The van der Waals surface area contributed by atoms with E-state index >= 15 is 0 Å². The molecular formula is C28H40F3N3O6. The molecule has 12 heteroatoms. The van der Waals surface area contributed by atoms with Gasteiger partial charge >= 0.3 is 18.1 Å². The zero-order chi connectivity index (χ0) is 29.5. The Labute approximate surface area is 232 Å². The fourth-order valence-corrected chi connectivity index (χ4v) is 4.89. The van der Waals surface area contributed by atoms with Crippen molar-refractivity contribution in [1.82, 2.24) is 15.5 Å². The van der Waals surface area contributed by atoms with E-state index in [1.54, 1.807) is 6.92 Å². The van der Waals surface area contributed by atoms with Gasteiger partial charge < -0.3 is 25.4 Å². The van der Waals surface area contributed by atoms with Crippen molar-refractivity contribution in [3.05, 3.63) is 35.9 Å². The third kappa shape index (κ3) is 12.4. The SMILES string of the molecule is CCOC(=O)C[C@@H](Cc1ccccc1)NC(=O)[C@@H]1CCCN(C(=O)CCC2CCNCC2)C1.O=C(O)C(F)(F)F. The average molecular weight is 572 g/mol. The molecule has 0 aromatic heterocycles. The molecule has 0 unspecified atom stereocenters. The standard InChI is InChI=1S/C26H39N3O4.C2HF3O2/c1-2-33-25(31)18-23(17-21-7-4-3-5-8-21)28-26(32)22-9-6-16-29(19-22)24(30)11-10-20-12-14-27-15-13-20;3-2(4,5)1(6)7/h3-5,7-8,20,22-23,27H,2,6,9-19H2,1H3,(H,28,32);(H,6,7)/t22-,23-;/m1./s1. The minimum Gasteiger partial charge on any atom is -0.475 e. The number of amides is 2. The number of hydrogen-bond donors (Lipinski definition) is 3. The highest BCUT2D eigenvalue weighted by molar-refractivity contribution is 5.82. The van der Waals surface area contributed by atoms with Gasteiger partial charge in [0, 0.05) is 25.6 Å². The molecule has 2 heterocycles. The lowest BCUT2D eigenvalue weighted by atomic mass is 9.92. The second-order valence-corrected chi connectivity index (χ2v) is 10.1. The molecule has 3 N–H and O–H groups in total. The Bertz CT molecular complexity index is 954. The van der Waals surface area contributed by atoms with Crippen LogP contribution in [0.3, 0.4) is 0 Å². The molecule has 2 amide bonds. The Morgan fingerprint density at radius 3 is 2.38 bits per heavy atom. The maximum atomic E-state index is 13.1. The normalized spacial score (nSPS) is 18.6. The number of carboxylic acid groups (broad SMARTS) is 1. The Balaban J connectivity index is 0.000000708. The molecule has 3 rings (SSSR count). The van der Waals surface area contributed by atoms with Gasteiger partial charge in [-0.3, -0.25) is 14.4 Å². The first kappa shape index (κ1) is 33.1. The molecule has 2 aliphatic rings. The van der Waals surface area contributed by atoms with Gasteiger partial charge in [-0.2, -0.15) is 13.2 Å². The number of likely N-dealkylation sites (tertiary alicyclic amines) is 1. The van der Waals surface area contributed by atoms with Gasteiger partial charge in [0.05, 0.1) is 18.9 Å². The number of alkyl halides is 3. The molecule has 224 valence electrons. The van der Waals surface area contributed by atoms with E-state index in [0.29, 0.717) is 31.9 Å².